The van der Waals surface area contributed by atoms with Crippen LogP contribution in [0.15, 0.2) is 48.5 Å². The van der Waals surface area contributed by atoms with Crippen LogP contribution in [-0.2, 0) is 0 Å². The molecular weight excluding hydrogens is 514 g/mol. The monoisotopic (exact) mass is 535 g/mol. The van der Waals surface area contributed by atoms with Gasteiger partial charge in [-0.3, -0.25) is 20.2 Å². The van der Waals surface area contributed by atoms with Crippen LogP contribution in [0.1, 0.15) is 23.3 Å². The lowest BCUT2D eigenvalue weighted by molar-refractivity contribution is -0.385. The average molecular weight is 536 g/mol. The molecule has 0 saturated heterocycles. The van der Waals surface area contributed by atoms with Gasteiger partial charge in [-0.05, 0) is 47.0 Å². The molecule has 37 heavy (non-hydrogen) atoms. The van der Waals surface area contributed by atoms with Crippen LogP contribution in [-0.4, -0.2) is 70.5 Å². The van der Waals surface area contributed by atoms with E-state index in [-0.39, 0.29) is 39.7 Å². The molecule has 2 aromatic carbocycles. The van der Waals surface area contributed by atoms with Crippen LogP contribution in [0.4, 0.5) is 23.3 Å². The van der Waals surface area contributed by atoms with Crippen molar-refractivity contribution < 1.29 is 30.3 Å². The van der Waals surface area contributed by atoms with Gasteiger partial charge in [-0.15, -0.1) is 0 Å². The van der Waals surface area contributed by atoms with Crippen molar-refractivity contribution in [1.82, 2.24) is 15.0 Å². The van der Waals surface area contributed by atoms with Gasteiger partial charge in [0.1, 0.15) is 12.2 Å². The minimum atomic E-state index is -1.31. The Labute approximate surface area is 213 Å². The molecule has 196 valence electrons. The summed E-state index contributed by atoms with van der Waals surface area (Å²) in [5.41, 5.74) is 0.224. The van der Waals surface area contributed by atoms with Gasteiger partial charge in [0.05, 0.1) is 35.1 Å². The molecule has 0 saturated carbocycles. The van der Waals surface area contributed by atoms with Crippen molar-refractivity contribution in [1.29, 1.82) is 0 Å². The Morgan fingerprint density at radius 3 is 1.38 bits per heavy atom. The zero-order valence-electron chi connectivity index (χ0n) is 18.9. The molecule has 0 amide bonds. The van der Waals surface area contributed by atoms with Gasteiger partial charge in [0, 0.05) is 24.3 Å². The van der Waals surface area contributed by atoms with E-state index in [9.17, 15) is 40.7 Å². The Hall–Kier alpha value is -4.02. The second-order valence-electron chi connectivity index (χ2n) is 7.71. The molecule has 3 rings (SSSR count). The number of nitrogens with zero attached hydrogens (tertiary/aromatic N) is 5. The fraction of sp³-hybridized carbons (Fsp3) is 0.286. The quantitative estimate of drug-likeness (QED) is 0.142. The van der Waals surface area contributed by atoms with Crippen molar-refractivity contribution in [3.63, 3.8) is 0 Å². The maximum atomic E-state index is 10.8. The second kappa shape index (κ2) is 12.3. The van der Waals surface area contributed by atoms with Crippen LogP contribution in [0.25, 0.3) is 0 Å². The molecule has 15 nitrogen and oxygen atoms in total. The number of nitro groups is 2. The number of aliphatic hydroxyl groups is 4. The third-order valence-corrected chi connectivity index (χ3v) is 5.45. The molecule has 0 aliphatic carbocycles. The first-order valence-corrected chi connectivity index (χ1v) is 11.0. The highest BCUT2D eigenvalue weighted by atomic mass is 35.5. The van der Waals surface area contributed by atoms with Crippen molar-refractivity contribution in [3.8, 4) is 0 Å². The molecule has 3 aromatic rings. The summed E-state index contributed by atoms with van der Waals surface area (Å²) in [5.74, 6) is -0.326. The summed E-state index contributed by atoms with van der Waals surface area (Å²) >= 11 is 5.97. The van der Waals surface area contributed by atoms with E-state index in [1.807, 2.05) is 0 Å². The number of nitrogens with one attached hydrogen (secondary N) is 2. The molecule has 6 N–H and O–H groups in total. The highest BCUT2D eigenvalue weighted by Crippen LogP contribution is 2.24. The zero-order valence-corrected chi connectivity index (χ0v) is 19.6. The predicted molar refractivity (Wildman–Crippen MR) is 130 cm³/mol. The van der Waals surface area contributed by atoms with Crippen molar-refractivity contribution >= 4 is 34.9 Å². The second-order valence-corrected chi connectivity index (χ2v) is 8.04. The van der Waals surface area contributed by atoms with Crippen molar-refractivity contribution in [2.24, 2.45) is 0 Å². The van der Waals surface area contributed by atoms with Gasteiger partial charge in [-0.1, -0.05) is 0 Å². The first-order chi connectivity index (χ1) is 17.6. The Bertz CT molecular complexity index is 1140. The van der Waals surface area contributed by atoms with Gasteiger partial charge in [0.2, 0.25) is 17.2 Å². The maximum Gasteiger partial charge on any atom is 0.269 e. The number of aliphatic hydroxyl groups excluding tert-OH is 4. The van der Waals surface area contributed by atoms with E-state index < -0.39 is 47.4 Å². The molecule has 0 bridgehead atoms. The summed E-state index contributed by atoms with van der Waals surface area (Å²) in [4.78, 5) is 32.4. The lowest BCUT2D eigenvalue weighted by atomic mass is 10.0. The Morgan fingerprint density at radius 1 is 0.730 bits per heavy atom. The third kappa shape index (κ3) is 7.02. The molecule has 4 atom stereocenters. The minimum Gasteiger partial charge on any atom is -0.394 e. The number of nitro benzene ring substituents is 2. The molecular formula is C21H22ClN7O8. The van der Waals surface area contributed by atoms with Crippen LogP contribution >= 0.6 is 11.6 Å². The van der Waals surface area contributed by atoms with Crippen molar-refractivity contribution in [3.05, 3.63) is 85.2 Å². The van der Waals surface area contributed by atoms with E-state index in [0.717, 1.165) is 0 Å². The Balaban J connectivity index is 1.75. The van der Waals surface area contributed by atoms with Crippen molar-refractivity contribution in [2.75, 3.05) is 23.8 Å². The molecule has 0 spiro atoms. The standard InChI is InChI=1S/C21H22ClN7O8/c22-19-25-20(23-15(9-30)17(32)11-1-5-13(6-2-11)28(34)35)27-21(26-19)24-16(10-31)18(33)12-3-7-14(8-4-12)29(36)37/h1-8,15-18,30-33H,9-10H2,(H2,23,24,25,26,27)/t15-,16-,17-,18-/m0/s1. The summed E-state index contributed by atoms with van der Waals surface area (Å²) in [6, 6.07) is 8.09. The van der Waals surface area contributed by atoms with Crippen LogP contribution in [0.5, 0.6) is 0 Å². The molecule has 1 heterocycles. The number of halogens is 1. The zero-order chi connectivity index (χ0) is 27.1. The lowest BCUT2D eigenvalue weighted by Crippen LogP contribution is -2.33. The van der Waals surface area contributed by atoms with E-state index in [2.05, 4.69) is 25.6 Å². The number of rotatable bonds is 12. The molecule has 0 fully saturated rings. The molecule has 0 aliphatic heterocycles. The maximum absolute atomic E-state index is 10.8. The molecule has 1 aromatic heterocycles. The first-order valence-electron chi connectivity index (χ1n) is 10.6. The molecule has 0 unspecified atom stereocenters. The van der Waals surface area contributed by atoms with Crippen LogP contribution in [0, 0.1) is 20.2 Å². The van der Waals surface area contributed by atoms with Gasteiger partial charge in [-0.25, -0.2) is 0 Å². The summed E-state index contributed by atoms with van der Waals surface area (Å²) in [6.45, 7) is -1.16. The highest BCUT2D eigenvalue weighted by molar-refractivity contribution is 6.28. The number of hydrogen-bond acceptors (Lipinski definition) is 13. The summed E-state index contributed by atoms with van der Waals surface area (Å²) in [7, 11) is 0. The normalized spacial score (nSPS) is 14.3. The minimum absolute atomic E-state index is 0.163. The smallest absolute Gasteiger partial charge is 0.269 e. The van der Waals surface area contributed by atoms with Crippen LogP contribution in [0.3, 0.4) is 0 Å². The number of non-ortho nitro benzene ring substituents is 2. The average Bonchev–Trinajstić information content (AvgIpc) is 2.89. The summed E-state index contributed by atoms with van der Waals surface area (Å²) in [5, 5.41) is 67.6. The van der Waals surface area contributed by atoms with Gasteiger partial charge in [-0.2, -0.15) is 15.0 Å². The summed E-state index contributed by atoms with van der Waals surface area (Å²) in [6.07, 6.45) is -2.63. The number of benzene rings is 2. The number of hydrogen-bond donors (Lipinski definition) is 6. The Kier molecular flexibility index (Phi) is 9.15. The van der Waals surface area contributed by atoms with E-state index in [0.29, 0.717) is 0 Å². The lowest BCUT2D eigenvalue weighted by Gasteiger charge is -2.24. The van der Waals surface area contributed by atoms with E-state index >= 15 is 0 Å². The van der Waals surface area contributed by atoms with Gasteiger partial charge in [0.25, 0.3) is 11.4 Å². The molecule has 0 radical (unpaired) electrons. The fourth-order valence-electron chi connectivity index (χ4n) is 3.31. The topological polar surface area (TPSA) is 230 Å². The molecule has 16 heteroatoms. The first kappa shape index (κ1) is 27.6. The number of anilines is 2. The molecule has 0 aliphatic rings. The van der Waals surface area contributed by atoms with Crippen LogP contribution < -0.4 is 10.6 Å². The number of aromatic nitrogens is 3. The Morgan fingerprint density at radius 2 is 1.08 bits per heavy atom. The predicted octanol–water partition coefficient (Wildman–Crippen LogP) is 1.35. The van der Waals surface area contributed by atoms with E-state index in [1.165, 1.54) is 48.5 Å². The van der Waals surface area contributed by atoms with E-state index in [1.54, 1.807) is 0 Å². The van der Waals surface area contributed by atoms with Crippen molar-refractivity contribution in [2.45, 2.75) is 24.3 Å². The highest BCUT2D eigenvalue weighted by Gasteiger charge is 2.25. The van der Waals surface area contributed by atoms with Crippen LogP contribution in [0.2, 0.25) is 5.28 Å². The fourth-order valence-corrected chi connectivity index (χ4v) is 3.47. The third-order valence-electron chi connectivity index (χ3n) is 5.28. The van der Waals surface area contributed by atoms with E-state index in [4.69, 9.17) is 11.6 Å². The van der Waals surface area contributed by atoms with Gasteiger partial charge in [0.15, 0.2) is 0 Å². The summed E-state index contributed by atoms with van der Waals surface area (Å²) < 4.78 is 0. The van der Waals surface area contributed by atoms with Gasteiger partial charge >= 0.3 is 0 Å². The largest absolute Gasteiger partial charge is 0.394 e. The SMILES string of the molecule is O=[N+]([O-])c1ccc([C@H](O)[C@H](CO)Nc2nc(Cl)nc(N[C@@H](CO)[C@@H](O)c3ccc([N+](=O)[O-])cc3)n2)cc1. The van der Waals surface area contributed by atoms with Gasteiger partial charge < -0.3 is 31.1 Å².